The van der Waals surface area contributed by atoms with Crippen LogP contribution in [-0.2, 0) is 0 Å². The van der Waals surface area contributed by atoms with Crippen LogP contribution in [0.25, 0.3) is 6.08 Å². The Kier molecular flexibility index (Phi) is 5.03. The van der Waals surface area contributed by atoms with Gasteiger partial charge >= 0.3 is 0 Å². The molecule has 1 aromatic carbocycles. The topological polar surface area (TPSA) is 7.68 Å². The van der Waals surface area contributed by atoms with Crippen LogP contribution < -0.4 is 9.80 Å². The molecule has 2 atom stereocenters. The fraction of sp³-hybridized carbons (Fsp3) is 0.529. The third-order valence-corrected chi connectivity index (χ3v) is 3.99. The first kappa shape index (κ1) is 14.1. The molecule has 1 heterocycles. The molecule has 0 aliphatic carbocycles. The van der Waals surface area contributed by atoms with Gasteiger partial charge in [0.2, 0.25) is 0 Å². The molecule has 0 amide bonds. The first-order valence-electron chi connectivity index (χ1n) is 7.42. The van der Waals surface area contributed by atoms with E-state index in [-0.39, 0.29) is 0 Å². The van der Waals surface area contributed by atoms with Crippen LogP contribution in [-0.4, -0.2) is 33.7 Å². The number of piperidine rings is 1. The van der Waals surface area contributed by atoms with Gasteiger partial charge in [-0.05, 0) is 36.6 Å². The van der Waals surface area contributed by atoms with Gasteiger partial charge in [0.1, 0.15) is 0 Å². The second-order valence-electron chi connectivity index (χ2n) is 6.04. The standard InChI is InChI=1S/C17H26N2/c1-15-6-4-12-19(14-15)13-5-7-16-8-10-17(11-9-16)18(2)3/h5,7-11,15H,4,6,12-14H2,1-3H3/p+1/t15-/m1/s1. The molecule has 19 heavy (non-hydrogen) atoms. The van der Waals surface area contributed by atoms with Crippen molar-refractivity contribution < 1.29 is 4.90 Å². The molecule has 1 unspecified atom stereocenters. The van der Waals surface area contributed by atoms with Gasteiger partial charge in [-0.3, -0.25) is 0 Å². The Morgan fingerprint density at radius 1 is 1.26 bits per heavy atom. The maximum absolute atomic E-state index is 2.38. The molecule has 1 saturated heterocycles. The van der Waals surface area contributed by atoms with E-state index in [1.165, 1.54) is 43.7 Å². The van der Waals surface area contributed by atoms with E-state index in [2.05, 4.69) is 62.3 Å². The second kappa shape index (κ2) is 6.76. The lowest BCUT2D eigenvalue weighted by Gasteiger charge is -2.26. The van der Waals surface area contributed by atoms with Crippen molar-refractivity contribution in [2.75, 3.05) is 38.6 Å². The van der Waals surface area contributed by atoms with Gasteiger partial charge in [0.15, 0.2) is 0 Å². The number of nitrogens with one attached hydrogen (secondary N) is 1. The average molecular weight is 259 g/mol. The Morgan fingerprint density at radius 3 is 2.63 bits per heavy atom. The Morgan fingerprint density at radius 2 is 2.00 bits per heavy atom. The van der Waals surface area contributed by atoms with E-state index in [1.54, 1.807) is 4.90 Å². The highest BCUT2D eigenvalue weighted by Crippen LogP contribution is 2.12. The first-order valence-corrected chi connectivity index (χ1v) is 7.42. The molecule has 104 valence electrons. The van der Waals surface area contributed by atoms with Gasteiger partial charge in [-0.15, -0.1) is 0 Å². The van der Waals surface area contributed by atoms with Gasteiger partial charge in [-0.1, -0.05) is 25.1 Å². The summed E-state index contributed by atoms with van der Waals surface area (Å²) in [7, 11) is 4.15. The van der Waals surface area contributed by atoms with Crippen LogP contribution in [0.4, 0.5) is 5.69 Å². The predicted octanol–water partition coefficient (Wildman–Crippen LogP) is 2.08. The van der Waals surface area contributed by atoms with Crippen molar-refractivity contribution in [3.05, 3.63) is 35.9 Å². The molecule has 1 N–H and O–H groups in total. The smallest absolute Gasteiger partial charge is 0.0961 e. The largest absolute Gasteiger partial charge is 0.378 e. The minimum Gasteiger partial charge on any atom is -0.378 e. The molecule has 2 nitrogen and oxygen atoms in total. The predicted molar refractivity (Wildman–Crippen MR) is 83.8 cm³/mol. The number of likely N-dealkylation sites (tertiary alicyclic amines) is 1. The van der Waals surface area contributed by atoms with Crippen LogP contribution in [0.15, 0.2) is 30.3 Å². The average Bonchev–Trinajstić information content (AvgIpc) is 2.39. The molecule has 0 radical (unpaired) electrons. The Hall–Kier alpha value is -1.28. The van der Waals surface area contributed by atoms with E-state index in [9.17, 15) is 0 Å². The molecule has 1 fully saturated rings. The third kappa shape index (κ3) is 4.39. The molecule has 2 rings (SSSR count). The summed E-state index contributed by atoms with van der Waals surface area (Å²) >= 11 is 0. The highest BCUT2D eigenvalue weighted by Gasteiger charge is 2.17. The molecular weight excluding hydrogens is 232 g/mol. The zero-order valence-electron chi connectivity index (χ0n) is 12.5. The molecular formula is C17H27N2+. The molecule has 1 aromatic rings. The van der Waals surface area contributed by atoms with Crippen molar-refractivity contribution in [3.8, 4) is 0 Å². The van der Waals surface area contributed by atoms with E-state index in [0.29, 0.717) is 0 Å². The summed E-state index contributed by atoms with van der Waals surface area (Å²) in [5.41, 5.74) is 2.56. The SMILES string of the molecule is C[C@@H]1CCC[NH+](CC=Cc2ccc(N(C)C)cc2)C1. The number of anilines is 1. The third-order valence-electron chi connectivity index (χ3n) is 3.99. The number of rotatable bonds is 4. The van der Waals surface area contributed by atoms with Gasteiger partial charge < -0.3 is 9.80 Å². The van der Waals surface area contributed by atoms with Gasteiger partial charge in [-0.25, -0.2) is 0 Å². The molecule has 0 spiro atoms. The van der Waals surface area contributed by atoms with Crippen molar-refractivity contribution in [3.63, 3.8) is 0 Å². The fourth-order valence-corrected chi connectivity index (χ4v) is 2.83. The molecule has 0 aromatic heterocycles. The monoisotopic (exact) mass is 259 g/mol. The highest BCUT2D eigenvalue weighted by atomic mass is 15.1. The van der Waals surface area contributed by atoms with Gasteiger partial charge in [0, 0.05) is 25.7 Å². The summed E-state index contributed by atoms with van der Waals surface area (Å²) < 4.78 is 0. The summed E-state index contributed by atoms with van der Waals surface area (Å²) in [5, 5.41) is 0. The Labute approximate surface area is 117 Å². The van der Waals surface area contributed by atoms with Crippen LogP contribution in [0.3, 0.4) is 0 Å². The van der Waals surface area contributed by atoms with Crippen molar-refractivity contribution in [2.45, 2.75) is 19.8 Å². The van der Waals surface area contributed by atoms with Crippen molar-refractivity contribution in [1.82, 2.24) is 0 Å². The lowest BCUT2D eigenvalue weighted by atomic mass is 10.0. The molecule has 2 heteroatoms. The molecule has 1 aliphatic rings. The fourth-order valence-electron chi connectivity index (χ4n) is 2.83. The summed E-state index contributed by atoms with van der Waals surface area (Å²) in [4.78, 5) is 3.87. The van der Waals surface area contributed by atoms with Crippen LogP contribution in [0, 0.1) is 5.92 Å². The quantitative estimate of drug-likeness (QED) is 0.870. The molecule has 0 bridgehead atoms. The van der Waals surface area contributed by atoms with E-state index in [0.717, 1.165) is 5.92 Å². The number of hydrogen-bond acceptors (Lipinski definition) is 1. The summed E-state index contributed by atoms with van der Waals surface area (Å²) in [6.07, 6.45) is 7.39. The second-order valence-corrected chi connectivity index (χ2v) is 6.04. The van der Waals surface area contributed by atoms with Gasteiger partial charge in [0.25, 0.3) is 0 Å². The van der Waals surface area contributed by atoms with Gasteiger partial charge in [-0.2, -0.15) is 0 Å². The van der Waals surface area contributed by atoms with E-state index >= 15 is 0 Å². The highest BCUT2D eigenvalue weighted by molar-refractivity contribution is 5.55. The van der Waals surface area contributed by atoms with E-state index in [4.69, 9.17) is 0 Å². The maximum atomic E-state index is 2.38. The zero-order valence-corrected chi connectivity index (χ0v) is 12.5. The summed E-state index contributed by atoms with van der Waals surface area (Å²) in [5.74, 6) is 0.900. The number of benzene rings is 1. The molecule has 0 saturated carbocycles. The zero-order chi connectivity index (χ0) is 13.7. The Balaban J connectivity index is 1.84. The number of quaternary nitrogens is 1. The van der Waals surface area contributed by atoms with Crippen molar-refractivity contribution in [1.29, 1.82) is 0 Å². The lowest BCUT2D eigenvalue weighted by molar-refractivity contribution is -0.902. The normalized spacial score (nSPS) is 23.7. The van der Waals surface area contributed by atoms with Crippen molar-refractivity contribution >= 4 is 11.8 Å². The minimum absolute atomic E-state index is 0.900. The van der Waals surface area contributed by atoms with Crippen LogP contribution >= 0.6 is 0 Å². The maximum Gasteiger partial charge on any atom is 0.0961 e. The Bertz CT molecular complexity index is 406. The van der Waals surface area contributed by atoms with Crippen molar-refractivity contribution in [2.24, 2.45) is 5.92 Å². The lowest BCUT2D eigenvalue weighted by Crippen LogP contribution is -3.13. The van der Waals surface area contributed by atoms with Crippen LogP contribution in [0.1, 0.15) is 25.3 Å². The summed E-state index contributed by atoms with van der Waals surface area (Å²) in [6.45, 7) is 6.22. The summed E-state index contributed by atoms with van der Waals surface area (Å²) in [6, 6.07) is 8.74. The number of hydrogen-bond donors (Lipinski definition) is 1. The number of nitrogens with zero attached hydrogens (tertiary/aromatic N) is 1. The van der Waals surface area contributed by atoms with Gasteiger partial charge in [0.05, 0.1) is 19.6 Å². The van der Waals surface area contributed by atoms with E-state index < -0.39 is 0 Å². The molecule has 1 aliphatic heterocycles. The van der Waals surface area contributed by atoms with Crippen LogP contribution in [0.2, 0.25) is 0 Å². The minimum atomic E-state index is 0.900. The van der Waals surface area contributed by atoms with Crippen LogP contribution in [0.5, 0.6) is 0 Å². The first-order chi connectivity index (χ1) is 9.15. The van der Waals surface area contributed by atoms with E-state index in [1.807, 2.05) is 0 Å².